The van der Waals surface area contributed by atoms with Gasteiger partial charge >= 0.3 is 0 Å². The third-order valence-electron chi connectivity index (χ3n) is 5.47. The number of rotatable bonds is 4. The first-order valence-electron chi connectivity index (χ1n) is 10.1. The van der Waals surface area contributed by atoms with Gasteiger partial charge in [0.15, 0.2) is 0 Å². The minimum absolute atomic E-state index is 0.285. The van der Waals surface area contributed by atoms with E-state index < -0.39 is 0 Å². The molecule has 0 radical (unpaired) electrons. The van der Waals surface area contributed by atoms with Crippen LogP contribution in [0.5, 0.6) is 0 Å². The molecule has 1 aliphatic heterocycles. The topological polar surface area (TPSA) is 49.4 Å². The predicted octanol–water partition coefficient (Wildman–Crippen LogP) is 5.54. The SMILES string of the molecule is Cc1ccc(C2=C(Nc3ccccc3)C(=O)N(c3cccc4ccccc34)C2=O)cc1. The van der Waals surface area contributed by atoms with Crippen LogP contribution in [-0.2, 0) is 9.59 Å². The van der Waals surface area contributed by atoms with Gasteiger partial charge in [0.1, 0.15) is 5.70 Å². The fraction of sp³-hybridized carbons (Fsp3) is 0.0370. The van der Waals surface area contributed by atoms with Gasteiger partial charge in [-0.15, -0.1) is 0 Å². The van der Waals surface area contributed by atoms with Crippen molar-refractivity contribution in [3.05, 3.63) is 114 Å². The van der Waals surface area contributed by atoms with Crippen LogP contribution < -0.4 is 10.2 Å². The number of hydrogen-bond donors (Lipinski definition) is 1. The Balaban J connectivity index is 1.67. The van der Waals surface area contributed by atoms with E-state index in [1.165, 1.54) is 4.90 Å². The third kappa shape index (κ3) is 3.28. The Morgan fingerprint density at radius 1 is 0.677 bits per heavy atom. The molecule has 0 spiro atoms. The number of fused-ring (bicyclic) bond motifs is 1. The number of carbonyl (C=O) groups is 2. The molecular weight excluding hydrogens is 384 g/mol. The molecule has 0 aliphatic carbocycles. The highest BCUT2D eigenvalue weighted by atomic mass is 16.2. The molecule has 0 fully saturated rings. The van der Waals surface area contributed by atoms with Crippen LogP contribution in [0.15, 0.2) is 103 Å². The van der Waals surface area contributed by atoms with Crippen molar-refractivity contribution in [2.45, 2.75) is 6.92 Å². The zero-order valence-corrected chi connectivity index (χ0v) is 17.0. The van der Waals surface area contributed by atoms with Gasteiger partial charge in [-0.2, -0.15) is 0 Å². The predicted molar refractivity (Wildman–Crippen MR) is 125 cm³/mol. The van der Waals surface area contributed by atoms with Crippen molar-refractivity contribution in [1.29, 1.82) is 0 Å². The first kappa shape index (κ1) is 18.8. The Kier molecular flexibility index (Phi) is 4.60. The van der Waals surface area contributed by atoms with E-state index in [0.717, 1.165) is 22.0 Å². The Labute approximate surface area is 180 Å². The molecule has 0 bridgehead atoms. The molecule has 1 heterocycles. The second-order valence-corrected chi connectivity index (χ2v) is 7.55. The van der Waals surface area contributed by atoms with Crippen LogP contribution >= 0.6 is 0 Å². The van der Waals surface area contributed by atoms with Crippen LogP contribution in [0.3, 0.4) is 0 Å². The van der Waals surface area contributed by atoms with Gasteiger partial charge in [-0.1, -0.05) is 84.4 Å². The van der Waals surface area contributed by atoms with Crippen molar-refractivity contribution in [2.24, 2.45) is 0 Å². The van der Waals surface area contributed by atoms with Gasteiger partial charge in [-0.25, -0.2) is 4.90 Å². The molecule has 31 heavy (non-hydrogen) atoms. The lowest BCUT2D eigenvalue weighted by molar-refractivity contribution is -0.120. The molecule has 0 unspecified atom stereocenters. The van der Waals surface area contributed by atoms with Gasteiger partial charge in [-0.3, -0.25) is 9.59 Å². The molecule has 4 aromatic rings. The minimum Gasteiger partial charge on any atom is -0.350 e. The van der Waals surface area contributed by atoms with Gasteiger partial charge in [0, 0.05) is 11.1 Å². The number of nitrogens with one attached hydrogen (secondary N) is 1. The summed E-state index contributed by atoms with van der Waals surface area (Å²) in [5.74, 6) is -0.690. The van der Waals surface area contributed by atoms with Gasteiger partial charge in [0.05, 0.1) is 11.3 Å². The molecule has 4 heteroatoms. The number of carbonyl (C=O) groups excluding carboxylic acids is 2. The quantitative estimate of drug-likeness (QED) is 0.454. The summed E-state index contributed by atoms with van der Waals surface area (Å²) in [5, 5.41) is 5.03. The Morgan fingerprint density at radius 2 is 1.35 bits per heavy atom. The van der Waals surface area contributed by atoms with Crippen molar-refractivity contribution < 1.29 is 9.59 Å². The lowest BCUT2D eigenvalue weighted by Gasteiger charge is -2.18. The fourth-order valence-electron chi connectivity index (χ4n) is 3.92. The molecule has 0 atom stereocenters. The van der Waals surface area contributed by atoms with E-state index in [2.05, 4.69) is 5.32 Å². The van der Waals surface area contributed by atoms with Crippen molar-refractivity contribution in [3.63, 3.8) is 0 Å². The maximum atomic E-state index is 13.7. The Morgan fingerprint density at radius 3 is 2.13 bits per heavy atom. The molecule has 1 N–H and O–H groups in total. The smallest absolute Gasteiger partial charge is 0.282 e. The zero-order chi connectivity index (χ0) is 21.4. The van der Waals surface area contributed by atoms with E-state index >= 15 is 0 Å². The highest BCUT2D eigenvalue weighted by molar-refractivity contribution is 6.47. The average Bonchev–Trinajstić information content (AvgIpc) is 3.04. The highest BCUT2D eigenvalue weighted by Gasteiger charge is 2.40. The maximum absolute atomic E-state index is 13.7. The lowest BCUT2D eigenvalue weighted by Crippen LogP contribution is -2.32. The van der Waals surface area contributed by atoms with Crippen molar-refractivity contribution in [2.75, 3.05) is 10.2 Å². The van der Waals surface area contributed by atoms with Gasteiger partial charge in [0.2, 0.25) is 0 Å². The summed E-state index contributed by atoms with van der Waals surface area (Å²) >= 11 is 0. The molecule has 0 saturated heterocycles. The normalized spacial score (nSPS) is 13.9. The monoisotopic (exact) mass is 404 g/mol. The van der Waals surface area contributed by atoms with Crippen molar-refractivity contribution in [3.8, 4) is 0 Å². The first-order chi connectivity index (χ1) is 15.1. The maximum Gasteiger partial charge on any atom is 0.282 e. The average molecular weight is 404 g/mol. The van der Waals surface area contributed by atoms with Gasteiger partial charge < -0.3 is 5.32 Å². The van der Waals surface area contributed by atoms with Crippen LogP contribution in [0.1, 0.15) is 11.1 Å². The highest BCUT2D eigenvalue weighted by Crippen LogP contribution is 2.36. The molecule has 150 valence electrons. The summed E-state index contributed by atoms with van der Waals surface area (Å²) in [6, 6.07) is 30.5. The molecule has 4 nitrogen and oxygen atoms in total. The van der Waals surface area contributed by atoms with Crippen LogP contribution in [-0.4, -0.2) is 11.8 Å². The second-order valence-electron chi connectivity index (χ2n) is 7.55. The van der Waals surface area contributed by atoms with E-state index in [4.69, 9.17) is 0 Å². The van der Waals surface area contributed by atoms with E-state index in [1.807, 2.05) is 104 Å². The molecule has 4 aromatic carbocycles. The molecular formula is C27H20N2O2. The lowest BCUT2D eigenvalue weighted by atomic mass is 10.0. The Hall–Kier alpha value is -4.18. The van der Waals surface area contributed by atoms with Crippen molar-refractivity contribution in [1.82, 2.24) is 0 Å². The molecule has 2 amide bonds. The Bertz CT molecular complexity index is 1330. The van der Waals surface area contributed by atoms with Crippen LogP contribution in [0.25, 0.3) is 16.3 Å². The summed E-state index contributed by atoms with van der Waals surface area (Å²) < 4.78 is 0. The van der Waals surface area contributed by atoms with Crippen molar-refractivity contribution >= 4 is 39.5 Å². The van der Waals surface area contributed by atoms with Crippen LogP contribution in [0, 0.1) is 6.92 Å². The molecule has 0 aromatic heterocycles. The number of aryl methyl sites for hydroxylation is 1. The summed E-state index contributed by atoms with van der Waals surface area (Å²) in [4.78, 5) is 28.5. The molecule has 5 rings (SSSR count). The zero-order valence-electron chi connectivity index (χ0n) is 17.0. The minimum atomic E-state index is -0.360. The van der Waals surface area contributed by atoms with Crippen LogP contribution in [0.2, 0.25) is 0 Å². The van der Waals surface area contributed by atoms with E-state index in [0.29, 0.717) is 16.8 Å². The summed E-state index contributed by atoms with van der Waals surface area (Å²) in [7, 11) is 0. The molecule has 0 saturated carbocycles. The van der Waals surface area contributed by atoms with E-state index in [-0.39, 0.29) is 17.5 Å². The summed E-state index contributed by atoms with van der Waals surface area (Å²) in [6.45, 7) is 1.99. The number of amides is 2. The number of hydrogen-bond acceptors (Lipinski definition) is 3. The first-order valence-corrected chi connectivity index (χ1v) is 10.1. The van der Waals surface area contributed by atoms with Gasteiger partial charge in [0.25, 0.3) is 11.8 Å². The standard InChI is InChI=1S/C27H20N2O2/c1-18-14-16-20(17-15-18)24-25(28-21-10-3-2-4-11-21)27(31)29(26(24)30)23-13-7-9-19-8-5-6-12-22(19)23/h2-17,28H,1H3. The third-order valence-corrected chi connectivity index (χ3v) is 5.47. The number of benzene rings is 4. The van der Waals surface area contributed by atoms with E-state index in [1.54, 1.807) is 0 Å². The number of imide groups is 1. The largest absolute Gasteiger partial charge is 0.350 e. The second kappa shape index (κ2) is 7.58. The fourth-order valence-corrected chi connectivity index (χ4v) is 3.92. The number of nitrogens with zero attached hydrogens (tertiary/aromatic N) is 1. The van der Waals surface area contributed by atoms with E-state index in [9.17, 15) is 9.59 Å². The van der Waals surface area contributed by atoms with Crippen LogP contribution in [0.4, 0.5) is 11.4 Å². The summed E-state index contributed by atoms with van der Waals surface area (Å²) in [6.07, 6.45) is 0. The molecule has 1 aliphatic rings. The number of anilines is 2. The van der Waals surface area contributed by atoms with Gasteiger partial charge in [-0.05, 0) is 36.1 Å². The number of para-hydroxylation sites is 1. The summed E-state index contributed by atoms with van der Waals surface area (Å²) in [5.41, 5.74) is 3.80.